The lowest BCUT2D eigenvalue weighted by Crippen LogP contribution is -2.22. The van der Waals surface area contributed by atoms with Crippen molar-refractivity contribution in [1.29, 1.82) is 0 Å². The molecule has 2 aromatic rings. The Labute approximate surface area is 122 Å². The van der Waals surface area contributed by atoms with Crippen LogP contribution < -0.4 is 10.1 Å². The first-order valence-electron chi connectivity index (χ1n) is 6.53. The van der Waals surface area contributed by atoms with Crippen molar-refractivity contribution in [3.05, 3.63) is 45.7 Å². The van der Waals surface area contributed by atoms with Crippen LogP contribution in [0.4, 0.5) is 4.39 Å². The fourth-order valence-corrected chi connectivity index (χ4v) is 2.85. The molecular formula is C15H19FN2OS. The zero-order valence-corrected chi connectivity index (χ0v) is 12.9. The summed E-state index contributed by atoms with van der Waals surface area (Å²) in [5, 5.41) is 4.53. The Morgan fingerprint density at radius 2 is 2.05 bits per heavy atom. The minimum absolute atomic E-state index is 0.0868. The molecule has 0 radical (unpaired) electrons. The van der Waals surface area contributed by atoms with Crippen LogP contribution in [0.15, 0.2) is 24.4 Å². The lowest BCUT2D eigenvalue weighted by Gasteiger charge is -2.19. The number of hydrogen-bond acceptors (Lipinski definition) is 4. The van der Waals surface area contributed by atoms with E-state index >= 15 is 0 Å². The second-order valence-electron chi connectivity index (χ2n) is 4.81. The molecule has 1 aromatic heterocycles. The van der Waals surface area contributed by atoms with E-state index in [2.05, 4.69) is 17.2 Å². The van der Waals surface area contributed by atoms with Gasteiger partial charge in [0.1, 0.15) is 5.01 Å². The van der Waals surface area contributed by atoms with E-state index in [-0.39, 0.29) is 23.7 Å². The van der Waals surface area contributed by atoms with Crippen LogP contribution in [0.5, 0.6) is 5.75 Å². The van der Waals surface area contributed by atoms with Crippen molar-refractivity contribution in [2.24, 2.45) is 0 Å². The minimum atomic E-state index is -0.341. The monoisotopic (exact) mass is 294 g/mol. The maximum atomic E-state index is 13.4. The largest absolute Gasteiger partial charge is 0.494 e. The number of thiazole rings is 1. The zero-order valence-electron chi connectivity index (χ0n) is 12.1. The highest BCUT2D eigenvalue weighted by atomic mass is 32.1. The van der Waals surface area contributed by atoms with Gasteiger partial charge in [-0.15, -0.1) is 11.3 Å². The first-order valence-corrected chi connectivity index (χ1v) is 7.34. The summed E-state index contributed by atoms with van der Waals surface area (Å²) in [4.78, 5) is 5.58. The molecular weight excluding hydrogens is 275 g/mol. The van der Waals surface area contributed by atoms with Crippen molar-refractivity contribution >= 4 is 11.3 Å². The van der Waals surface area contributed by atoms with Gasteiger partial charge in [-0.05, 0) is 38.5 Å². The van der Waals surface area contributed by atoms with E-state index in [1.807, 2.05) is 20.0 Å². The highest BCUT2D eigenvalue weighted by molar-refractivity contribution is 7.11. The summed E-state index contributed by atoms with van der Waals surface area (Å²) in [6, 6.07) is 5.18. The molecule has 5 heteroatoms. The quantitative estimate of drug-likeness (QED) is 0.904. The Bertz CT molecular complexity index is 585. The molecule has 3 nitrogen and oxygen atoms in total. The molecule has 2 unspecified atom stereocenters. The number of ether oxygens (including phenoxy) is 1. The highest BCUT2D eigenvalue weighted by Gasteiger charge is 2.15. The second kappa shape index (κ2) is 6.33. The highest BCUT2D eigenvalue weighted by Crippen LogP contribution is 2.26. The number of benzene rings is 1. The predicted octanol–water partition coefficient (Wildman–Crippen LogP) is 4.01. The van der Waals surface area contributed by atoms with Crippen LogP contribution in [0.3, 0.4) is 0 Å². The normalized spacial score (nSPS) is 14.1. The molecule has 0 aliphatic heterocycles. The topological polar surface area (TPSA) is 34.1 Å². The maximum absolute atomic E-state index is 13.4. The molecule has 20 heavy (non-hydrogen) atoms. The predicted molar refractivity (Wildman–Crippen MR) is 79.8 cm³/mol. The summed E-state index contributed by atoms with van der Waals surface area (Å²) in [7, 11) is 1.47. The number of aryl methyl sites for hydroxylation is 1. The number of hydrogen-bond donors (Lipinski definition) is 1. The Hall–Kier alpha value is -1.46. The smallest absolute Gasteiger partial charge is 0.165 e. The molecule has 0 saturated carbocycles. The van der Waals surface area contributed by atoms with E-state index in [4.69, 9.17) is 4.74 Å². The molecule has 108 valence electrons. The van der Waals surface area contributed by atoms with Gasteiger partial charge in [0.05, 0.1) is 13.2 Å². The molecule has 1 aromatic carbocycles. The molecule has 0 amide bonds. The number of halogens is 1. The Morgan fingerprint density at radius 1 is 1.30 bits per heavy atom. The summed E-state index contributed by atoms with van der Waals surface area (Å²) in [6.45, 7) is 6.17. The fourth-order valence-electron chi connectivity index (χ4n) is 2.06. The van der Waals surface area contributed by atoms with E-state index in [1.54, 1.807) is 23.5 Å². The SMILES string of the molecule is COc1cc(C(C)NC(C)c2ncc(C)s2)ccc1F. The molecule has 0 bridgehead atoms. The van der Waals surface area contributed by atoms with Crippen LogP contribution >= 0.6 is 11.3 Å². The van der Waals surface area contributed by atoms with E-state index in [0.717, 1.165) is 10.6 Å². The summed E-state index contributed by atoms with van der Waals surface area (Å²) >= 11 is 1.68. The zero-order chi connectivity index (χ0) is 14.7. The van der Waals surface area contributed by atoms with Gasteiger partial charge in [0, 0.05) is 17.1 Å². The summed E-state index contributed by atoms with van der Waals surface area (Å²) in [6.07, 6.45) is 1.88. The third kappa shape index (κ3) is 3.35. The van der Waals surface area contributed by atoms with E-state index in [0.29, 0.717) is 0 Å². The third-order valence-corrected chi connectivity index (χ3v) is 4.28. The van der Waals surface area contributed by atoms with Crippen LogP contribution in [0.2, 0.25) is 0 Å². The van der Waals surface area contributed by atoms with Crippen LogP contribution in [0.25, 0.3) is 0 Å². The van der Waals surface area contributed by atoms with Crippen LogP contribution in [-0.4, -0.2) is 12.1 Å². The van der Waals surface area contributed by atoms with E-state index in [1.165, 1.54) is 18.1 Å². The maximum Gasteiger partial charge on any atom is 0.165 e. The number of nitrogens with zero attached hydrogens (tertiary/aromatic N) is 1. The summed E-state index contributed by atoms with van der Waals surface area (Å²) < 4.78 is 18.4. The van der Waals surface area contributed by atoms with E-state index < -0.39 is 0 Å². The fraction of sp³-hybridized carbons (Fsp3) is 0.400. The van der Waals surface area contributed by atoms with Crippen molar-refractivity contribution in [3.8, 4) is 5.75 Å². The van der Waals surface area contributed by atoms with Crippen molar-refractivity contribution in [2.45, 2.75) is 32.9 Å². The van der Waals surface area contributed by atoms with Gasteiger partial charge < -0.3 is 10.1 Å². The van der Waals surface area contributed by atoms with E-state index in [9.17, 15) is 4.39 Å². The molecule has 2 atom stereocenters. The number of methoxy groups -OCH3 is 1. The van der Waals surface area contributed by atoms with Gasteiger partial charge in [-0.25, -0.2) is 9.37 Å². The van der Waals surface area contributed by atoms with Gasteiger partial charge in [-0.2, -0.15) is 0 Å². The molecule has 1 N–H and O–H groups in total. The summed E-state index contributed by atoms with van der Waals surface area (Å²) in [5.74, 6) is -0.0686. The second-order valence-corrected chi connectivity index (χ2v) is 6.08. The molecule has 0 fully saturated rings. The average molecular weight is 294 g/mol. The van der Waals surface area contributed by atoms with Gasteiger partial charge in [0.15, 0.2) is 11.6 Å². The van der Waals surface area contributed by atoms with Crippen molar-refractivity contribution in [2.75, 3.05) is 7.11 Å². The Balaban J connectivity index is 2.09. The van der Waals surface area contributed by atoms with Crippen molar-refractivity contribution in [1.82, 2.24) is 10.3 Å². The van der Waals surface area contributed by atoms with Crippen molar-refractivity contribution in [3.63, 3.8) is 0 Å². The lowest BCUT2D eigenvalue weighted by molar-refractivity contribution is 0.384. The standard InChI is InChI=1S/C15H19FN2OS/c1-9-8-17-15(20-9)11(3)18-10(2)12-5-6-13(16)14(7-12)19-4/h5-8,10-11,18H,1-4H3. The van der Waals surface area contributed by atoms with Gasteiger partial charge in [0.2, 0.25) is 0 Å². The first-order chi connectivity index (χ1) is 9.51. The Morgan fingerprint density at radius 3 is 2.65 bits per heavy atom. The van der Waals surface area contributed by atoms with Crippen LogP contribution in [0, 0.1) is 12.7 Å². The van der Waals surface area contributed by atoms with Gasteiger partial charge in [-0.3, -0.25) is 0 Å². The molecule has 0 aliphatic rings. The number of nitrogens with one attached hydrogen (secondary N) is 1. The summed E-state index contributed by atoms with van der Waals surface area (Å²) in [5.41, 5.74) is 0.989. The van der Waals surface area contributed by atoms with Gasteiger partial charge in [-0.1, -0.05) is 6.07 Å². The Kier molecular flexibility index (Phi) is 4.73. The number of rotatable bonds is 5. The van der Waals surface area contributed by atoms with Crippen LogP contribution in [-0.2, 0) is 0 Å². The molecule has 1 heterocycles. The minimum Gasteiger partial charge on any atom is -0.494 e. The molecule has 0 aliphatic carbocycles. The first kappa shape index (κ1) is 14.9. The lowest BCUT2D eigenvalue weighted by atomic mass is 10.1. The van der Waals surface area contributed by atoms with Gasteiger partial charge in [0.25, 0.3) is 0 Å². The molecule has 2 rings (SSSR count). The molecule has 0 saturated heterocycles. The van der Waals surface area contributed by atoms with Crippen molar-refractivity contribution < 1.29 is 9.13 Å². The number of aromatic nitrogens is 1. The van der Waals surface area contributed by atoms with Crippen LogP contribution in [0.1, 0.15) is 41.4 Å². The molecule has 0 spiro atoms. The average Bonchev–Trinajstić information content (AvgIpc) is 2.86. The van der Waals surface area contributed by atoms with Gasteiger partial charge >= 0.3 is 0 Å². The third-order valence-electron chi connectivity index (χ3n) is 3.18.